The molecule has 0 aliphatic rings. The quantitative estimate of drug-likeness (QED) is 0.249. The lowest BCUT2D eigenvalue weighted by Gasteiger charge is -2.03. The van der Waals surface area contributed by atoms with Crippen LogP contribution in [0.4, 0.5) is 5.69 Å². The van der Waals surface area contributed by atoms with Crippen LogP contribution in [0.5, 0.6) is 0 Å². The predicted octanol–water partition coefficient (Wildman–Crippen LogP) is 2.84. The van der Waals surface area contributed by atoms with Gasteiger partial charge in [-0.3, -0.25) is 10.1 Å². The van der Waals surface area contributed by atoms with Gasteiger partial charge in [0.2, 0.25) is 0 Å². The SMILES string of the molecule is CC(Cc1ccc([N+](=O)[O-])cc1)N=[N+]=[N-]. The van der Waals surface area contributed by atoms with Crippen molar-refractivity contribution in [2.24, 2.45) is 5.11 Å². The highest BCUT2D eigenvalue weighted by Crippen LogP contribution is 2.13. The molecule has 0 saturated heterocycles. The summed E-state index contributed by atoms with van der Waals surface area (Å²) in [6.07, 6.45) is 0.585. The van der Waals surface area contributed by atoms with E-state index in [2.05, 4.69) is 10.0 Å². The largest absolute Gasteiger partial charge is 0.269 e. The molecule has 6 heteroatoms. The Morgan fingerprint density at radius 3 is 2.60 bits per heavy atom. The summed E-state index contributed by atoms with van der Waals surface area (Å²) in [6.45, 7) is 1.79. The molecule has 1 aromatic carbocycles. The Morgan fingerprint density at radius 2 is 2.13 bits per heavy atom. The van der Waals surface area contributed by atoms with Gasteiger partial charge in [0.05, 0.1) is 4.92 Å². The molecule has 0 N–H and O–H groups in total. The molecule has 0 bridgehead atoms. The molecule has 0 heterocycles. The van der Waals surface area contributed by atoms with Crippen LogP contribution < -0.4 is 0 Å². The fraction of sp³-hybridized carbons (Fsp3) is 0.333. The summed E-state index contributed by atoms with van der Waals surface area (Å²) in [5.41, 5.74) is 9.18. The average Bonchev–Trinajstić information content (AvgIpc) is 2.18. The molecule has 1 unspecified atom stereocenters. The lowest BCUT2D eigenvalue weighted by molar-refractivity contribution is -0.384. The standard InChI is InChI=1S/C9H10N4O2/c1-7(11-12-10)6-8-2-4-9(5-3-8)13(14)15/h2-5,7H,6H2,1H3. The van der Waals surface area contributed by atoms with E-state index >= 15 is 0 Å². The van der Waals surface area contributed by atoms with Crippen LogP contribution in [0.1, 0.15) is 12.5 Å². The average molecular weight is 206 g/mol. The van der Waals surface area contributed by atoms with E-state index in [4.69, 9.17) is 5.53 Å². The van der Waals surface area contributed by atoms with Crippen molar-refractivity contribution in [1.29, 1.82) is 0 Å². The number of rotatable bonds is 4. The van der Waals surface area contributed by atoms with Crippen LogP contribution in [-0.2, 0) is 6.42 Å². The molecule has 78 valence electrons. The van der Waals surface area contributed by atoms with Crippen molar-refractivity contribution >= 4 is 5.69 Å². The highest BCUT2D eigenvalue weighted by molar-refractivity contribution is 5.33. The van der Waals surface area contributed by atoms with Gasteiger partial charge in [-0.15, -0.1) is 0 Å². The fourth-order valence-electron chi connectivity index (χ4n) is 1.22. The van der Waals surface area contributed by atoms with E-state index in [0.717, 1.165) is 5.56 Å². The van der Waals surface area contributed by atoms with Crippen molar-refractivity contribution in [2.45, 2.75) is 19.4 Å². The number of azide groups is 1. The molecule has 0 aromatic heterocycles. The number of non-ortho nitro benzene ring substituents is 1. The van der Waals surface area contributed by atoms with E-state index in [1.165, 1.54) is 12.1 Å². The van der Waals surface area contributed by atoms with Gasteiger partial charge < -0.3 is 0 Å². The van der Waals surface area contributed by atoms with E-state index < -0.39 is 4.92 Å². The number of hydrogen-bond donors (Lipinski definition) is 0. The second-order valence-corrected chi connectivity index (χ2v) is 3.18. The molecule has 0 radical (unpaired) electrons. The summed E-state index contributed by atoms with van der Waals surface area (Å²) in [7, 11) is 0. The highest BCUT2D eigenvalue weighted by Gasteiger charge is 2.05. The molecule has 1 atom stereocenters. The van der Waals surface area contributed by atoms with Gasteiger partial charge >= 0.3 is 0 Å². The maximum Gasteiger partial charge on any atom is 0.269 e. The summed E-state index contributed by atoms with van der Waals surface area (Å²) in [5, 5.41) is 13.9. The first-order valence-corrected chi connectivity index (χ1v) is 4.41. The second kappa shape index (κ2) is 4.97. The van der Waals surface area contributed by atoms with Crippen molar-refractivity contribution in [3.8, 4) is 0 Å². The van der Waals surface area contributed by atoms with Crippen LogP contribution in [0, 0.1) is 10.1 Å². The number of hydrogen-bond acceptors (Lipinski definition) is 3. The molecule has 0 spiro atoms. The predicted molar refractivity (Wildman–Crippen MR) is 55.4 cm³/mol. The zero-order valence-electron chi connectivity index (χ0n) is 8.20. The van der Waals surface area contributed by atoms with Crippen molar-refractivity contribution in [3.05, 3.63) is 50.4 Å². The van der Waals surface area contributed by atoms with Crippen LogP contribution >= 0.6 is 0 Å². The number of benzene rings is 1. The molecule has 0 aliphatic carbocycles. The third-order valence-electron chi connectivity index (χ3n) is 1.93. The van der Waals surface area contributed by atoms with E-state index in [9.17, 15) is 10.1 Å². The molecule has 0 amide bonds. The Labute approximate surface area is 86.3 Å². The van der Waals surface area contributed by atoms with Gasteiger partial charge in [-0.05, 0) is 17.5 Å². The van der Waals surface area contributed by atoms with Gasteiger partial charge in [-0.1, -0.05) is 24.2 Å². The van der Waals surface area contributed by atoms with E-state index in [1.807, 2.05) is 0 Å². The van der Waals surface area contributed by atoms with Crippen molar-refractivity contribution in [2.75, 3.05) is 0 Å². The molecule has 0 aliphatic heterocycles. The molecule has 15 heavy (non-hydrogen) atoms. The Hall–Kier alpha value is -2.07. The first-order chi connectivity index (χ1) is 7.13. The lowest BCUT2D eigenvalue weighted by Crippen LogP contribution is -2.01. The Morgan fingerprint density at radius 1 is 1.53 bits per heavy atom. The van der Waals surface area contributed by atoms with Crippen LogP contribution in [0.25, 0.3) is 10.4 Å². The molecule has 0 saturated carbocycles. The third-order valence-corrected chi connectivity index (χ3v) is 1.93. The van der Waals surface area contributed by atoms with E-state index in [0.29, 0.717) is 6.42 Å². The molecule has 6 nitrogen and oxygen atoms in total. The summed E-state index contributed by atoms with van der Waals surface area (Å²) in [5.74, 6) is 0. The Kier molecular flexibility index (Phi) is 3.65. The summed E-state index contributed by atoms with van der Waals surface area (Å²) in [4.78, 5) is 12.6. The van der Waals surface area contributed by atoms with Crippen LogP contribution in [-0.4, -0.2) is 11.0 Å². The van der Waals surface area contributed by atoms with Crippen molar-refractivity contribution in [1.82, 2.24) is 0 Å². The fourth-order valence-corrected chi connectivity index (χ4v) is 1.22. The number of nitro benzene ring substituents is 1. The van der Waals surface area contributed by atoms with E-state index in [-0.39, 0.29) is 11.7 Å². The van der Waals surface area contributed by atoms with Crippen LogP contribution in [0.2, 0.25) is 0 Å². The van der Waals surface area contributed by atoms with Crippen molar-refractivity contribution in [3.63, 3.8) is 0 Å². The molecule has 1 rings (SSSR count). The Bertz CT molecular complexity index is 395. The van der Waals surface area contributed by atoms with Gasteiger partial charge in [0, 0.05) is 23.1 Å². The minimum absolute atomic E-state index is 0.0650. The maximum absolute atomic E-state index is 10.4. The molecular weight excluding hydrogens is 196 g/mol. The summed E-state index contributed by atoms with van der Waals surface area (Å²) >= 11 is 0. The van der Waals surface area contributed by atoms with Gasteiger partial charge in [0.1, 0.15) is 0 Å². The summed E-state index contributed by atoms with van der Waals surface area (Å²) < 4.78 is 0. The van der Waals surface area contributed by atoms with Crippen LogP contribution in [0.15, 0.2) is 29.4 Å². The first-order valence-electron chi connectivity index (χ1n) is 4.41. The van der Waals surface area contributed by atoms with Gasteiger partial charge in [0.15, 0.2) is 0 Å². The van der Waals surface area contributed by atoms with Gasteiger partial charge in [0.25, 0.3) is 5.69 Å². The number of nitro groups is 1. The minimum Gasteiger partial charge on any atom is -0.258 e. The monoisotopic (exact) mass is 206 g/mol. The third kappa shape index (κ3) is 3.28. The molecule has 0 fully saturated rings. The normalized spacial score (nSPS) is 11.5. The van der Waals surface area contributed by atoms with E-state index in [1.54, 1.807) is 19.1 Å². The van der Waals surface area contributed by atoms with Crippen LogP contribution in [0.3, 0.4) is 0 Å². The molecule has 1 aromatic rings. The van der Waals surface area contributed by atoms with Gasteiger partial charge in [-0.25, -0.2) is 0 Å². The maximum atomic E-state index is 10.4. The minimum atomic E-state index is -0.444. The smallest absolute Gasteiger partial charge is 0.258 e. The summed E-state index contributed by atoms with van der Waals surface area (Å²) in [6, 6.07) is 6.08. The van der Waals surface area contributed by atoms with Crippen molar-refractivity contribution < 1.29 is 4.92 Å². The topological polar surface area (TPSA) is 91.9 Å². The zero-order chi connectivity index (χ0) is 11.3. The number of nitrogens with zero attached hydrogens (tertiary/aromatic N) is 4. The Balaban J connectivity index is 2.72. The lowest BCUT2D eigenvalue weighted by atomic mass is 10.1. The highest BCUT2D eigenvalue weighted by atomic mass is 16.6. The second-order valence-electron chi connectivity index (χ2n) is 3.18. The first kappa shape index (κ1) is 11.0. The zero-order valence-corrected chi connectivity index (χ0v) is 8.20. The molecular formula is C9H10N4O2. The van der Waals surface area contributed by atoms with Gasteiger partial charge in [-0.2, -0.15) is 0 Å².